The summed E-state index contributed by atoms with van der Waals surface area (Å²) >= 11 is 0. The number of hydrogen-bond donors (Lipinski definition) is 1. The van der Waals surface area contributed by atoms with E-state index in [1.165, 1.54) is 7.11 Å². The van der Waals surface area contributed by atoms with Crippen molar-refractivity contribution in [2.75, 3.05) is 7.11 Å². The Morgan fingerprint density at radius 3 is 2.83 bits per heavy atom. The van der Waals surface area contributed by atoms with Crippen LogP contribution in [0.15, 0.2) is 4.42 Å². The van der Waals surface area contributed by atoms with Gasteiger partial charge in [-0.1, -0.05) is 0 Å². The minimum atomic E-state index is -0.641. The van der Waals surface area contributed by atoms with Crippen LogP contribution in [0.4, 0.5) is 0 Å². The third-order valence-electron chi connectivity index (χ3n) is 1.40. The molecule has 0 radical (unpaired) electrons. The maximum atomic E-state index is 10.8. The first-order valence-electron chi connectivity index (χ1n) is 3.34. The number of methoxy groups -OCH3 is 1. The van der Waals surface area contributed by atoms with E-state index in [1.807, 2.05) is 0 Å². The smallest absolute Gasteiger partial charge is 0.394 e. The number of rotatable bonds is 2. The molecule has 0 spiro atoms. The van der Waals surface area contributed by atoms with Crippen molar-refractivity contribution < 1.29 is 19.1 Å². The maximum Gasteiger partial charge on any atom is 0.394 e. The summed E-state index contributed by atoms with van der Waals surface area (Å²) < 4.78 is 9.25. The highest BCUT2D eigenvalue weighted by atomic mass is 16.5. The molecule has 1 aromatic rings. The monoisotopic (exact) mass is 171 g/mol. The fourth-order valence-corrected chi connectivity index (χ4v) is 0.749. The van der Waals surface area contributed by atoms with Crippen LogP contribution in [0.3, 0.4) is 0 Å². The third kappa shape index (κ3) is 1.45. The highest BCUT2D eigenvalue weighted by Crippen LogP contribution is 2.10. The van der Waals surface area contributed by atoms with Gasteiger partial charge in [0.25, 0.3) is 0 Å². The van der Waals surface area contributed by atoms with Crippen LogP contribution in [-0.2, 0) is 11.3 Å². The lowest BCUT2D eigenvalue weighted by atomic mass is 10.4. The number of carbonyl (C=O) groups is 1. The number of aliphatic hydroxyl groups excluding tert-OH is 1. The van der Waals surface area contributed by atoms with E-state index in [0.29, 0.717) is 5.69 Å². The first-order chi connectivity index (χ1) is 5.69. The quantitative estimate of drug-likeness (QED) is 0.646. The van der Waals surface area contributed by atoms with Gasteiger partial charge in [-0.2, -0.15) is 0 Å². The topological polar surface area (TPSA) is 72.6 Å². The Balaban J connectivity index is 2.96. The summed E-state index contributed by atoms with van der Waals surface area (Å²) in [7, 11) is 1.24. The molecule has 12 heavy (non-hydrogen) atoms. The SMILES string of the molecule is COC(=O)c1nc(C)c(CO)o1. The number of esters is 1. The van der Waals surface area contributed by atoms with Gasteiger partial charge >= 0.3 is 11.9 Å². The minimum absolute atomic E-state index is 0.126. The van der Waals surface area contributed by atoms with Gasteiger partial charge in [0.15, 0.2) is 5.76 Å². The first-order valence-corrected chi connectivity index (χ1v) is 3.34. The summed E-state index contributed by atoms with van der Waals surface area (Å²) in [5, 5.41) is 8.70. The predicted octanol–water partition coefficient (Wildman–Crippen LogP) is 0.262. The highest BCUT2D eigenvalue weighted by molar-refractivity contribution is 5.84. The lowest BCUT2D eigenvalue weighted by Crippen LogP contribution is -2.00. The van der Waals surface area contributed by atoms with Crippen LogP contribution in [0, 0.1) is 6.92 Å². The average molecular weight is 171 g/mol. The van der Waals surface area contributed by atoms with Gasteiger partial charge in [0.05, 0.1) is 12.8 Å². The molecular weight excluding hydrogens is 162 g/mol. The van der Waals surface area contributed by atoms with Crippen LogP contribution in [0.1, 0.15) is 22.1 Å². The van der Waals surface area contributed by atoms with E-state index >= 15 is 0 Å². The molecule has 0 amide bonds. The molecule has 5 heteroatoms. The second-order valence-electron chi connectivity index (χ2n) is 2.18. The Morgan fingerprint density at radius 2 is 2.42 bits per heavy atom. The Morgan fingerprint density at radius 1 is 1.75 bits per heavy atom. The maximum absolute atomic E-state index is 10.8. The van der Waals surface area contributed by atoms with E-state index in [0.717, 1.165) is 0 Å². The van der Waals surface area contributed by atoms with Crippen molar-refractivity contribution in [1.82, 2.24) is 4.98 Å². The molecule has 1 rings (SSSR count). The van der Waals surface area contributed by atoms with E-state index < -0.39 is 5.97 Å². The number of nitrogens with zero attached hydrogens (tertiary/aromatic N) is 1. The number of oxazole rings is 1. The van der Waals surface area contributed by atoms with E-state index in [1.54, 1.807) is 6.92 Å². The van der Waals surface area contributed by atoms with Crippen LogP contribution in [0.5, 0.6) is 0 Å². The molecule has 0 saturated heterocycles. The molecule has 5 nitrogen and oxygen atoms in total. The van der Waals surface area contributed by atoms with Crippen LogP contribution in [0.25, 0.3) is 0 Å². The van der Waals surface area contributed by atoms with Gasteiger partial charge in [-0.05, 0) is 6.92 Å². The fourth-order valence-electron chi connectivity index (χ4n) is 0.749. The summed E-state index contributed by atoms with van der Waals surface area (Å²) in [6, 6.07) is 0. The Labute approximate surface area is 69.0 Å². The number of aliphatic hydroxyl groups is 1. The fraction of sp³-hybridized carbons (Fsp3) is 0.429. The Bertz CT molecular complexity index is 292. The minimum Gasteiger partial charge on any atom is -0.462 e. The van der Waals surface area contributed by atoms with Crippen LogP contribution < -0.4 is 0 Å². The first kappa shape index (κ1) is 8.73. The Kier molecular flexibility index (Phi) is 2.44. The number of aromatic nitrogens is 1. The van der Waals surface area contributed by atoms with Crippen molar-refractivity contribution in [3.63, 3.8) is 0 Å². The molecule has 0 bridgehead atoms. The van der Waals surface area contributed by atoms with Crippen molar-refractivity contribution in [3.05, 3.63) is 17.3 Å². The van der Waals surface area contributed by atoms with Crippen molar-refractivity contribution in [1.29, 1.82) is 0 Å². The standard InChI is InChI=1S/C7H9NO4/c1-4-5(3-9)12-6(8-4)7(10)11-2/h9H,3H2,1-2H3. The van der Waals surface area contributed by atoms with Gasteiger partial charge in [0, 0.05) is 0 Å². The van der Waals surface area contributed by atoms with Gasteiger partial charge < -0.3 is 14.3 Å². The molecule has 0 aliphatic rings. The second-order valence-corrected chi connectivity index (χ2v) is 2.18. The van der Waals surface area contributed by atoms with Crippen LogP contribution in [0.2, 0.25) is 0 Å². The zero-order valence-electron chi connectivity index (χ0n) is 6.83. The average Bonchev–Trinajstić information content (AvgIpc) is 2.45. The molecule has 1 aromatic heterocycles. The van der Waals surface area contributed by atoms with E-state index in [-0.39, 0.29) is 18.3 Å². The summed E-state index contributed by atoms with van der Waals surface area (Å²) in [5.41, 5.74) is 0.498. The largest absolute Gasteiger partial charge is 0.462 e. The zero-order valence-corrected chi connectivity index (χ0v) is 6.83. The number of ether oxygens (including phenoxy) is 1. The number of aryl methyl sites for hydroxylation is 1. The van der Waals surface area contributed by atoms with Crippen LogP contribution >= 0.6 is 0 Å². The van der Waals surface area contributed by atoms with E-state index in [9.17, 15) is 4.79 Å². The molecule has 0 fully saturated rings. The third-order valence-corrected chi connectivity index (χ3v) is 1.40. The molecular formula is C7H9NO4. The van der Waals surface area contributed by atoms with Crippen LogP contribution in [-0.4, -0.2) is 23.2 Å². The molecule has 0 aliphatic heterocycles. The molecule has 1 N–H and O–H groups in total. The van der Waals surface area contributed by atoms with E-state index in [4.69, 9.17) is 9.52 Å². The highest BCUT2D eigenvalue weighted by Gasteiger charge is 2.15. The number of hydrogen-bond acceptors (Lipinski definition) is 5. The molecule has 1 heterocycles. The predicted molar refractivity (Wildman–Crippen MR) is 38.5 cm³/mol. The number of carbonyl (C=O) groups excluding carboxylic acids is 1. The van der Waals surface area contributed by atoms with Crippen molar-refractivity contribution >= 4 is 5.97 Å². The lowest BCUT2D eigenvalue weighted by Gasteiger charge is -1.89. The van der Waals surface area contributed by atoms with Crippen molar-refractivity contribution in [2.45, 2.75) is 13.5 Å². The molecule has 0 aliphatic carbocycles. The normalized spacial score (nSPS) is 9.92. The van der Waals surface area contributed by atoms with Gasteiger partial charge in [0.2, 0.25) is 0 Å². The van der Waals surface area contributed by atoms with Gasteiger partial charge in [-0.25, -0.2) is 9.78 Å². The molecule has 0 unspecified atom stereocenters. The molecule has 66 valence electrons. The Hall–Kier alpha value is -1.36. The molecule has 0 atom stereocenters. The lowest BCUT2D eigenvalue weighted by molar-refractivity contribution is 0.0551. The van der Waals surface area contributed by atoms with Gasteiger partial charge in [0.1, 0.15) is 6.61 Å². The van der Waals surface area contributed by atoms with Crippen molar-refractivity contribution in [2.24, 2.45) is 0 Å². The van der Waals surface area contributed by atoms with E-state index in [2.05, 4.69) is 9.72 Å². The summed E-state index contributed by atoms with van der Waals surface area (Å²) in [4.78, 5) is 14.6. The summed E-state index contributed by atoms with van der Waals surface area (Å²) in [5.74, 6) is -0.479. The summed E-state index contributed by atoms with van der Waals surface area (Å²) in [6.07, 6.45) is 0. The zero-order chi connectivity index (χ0) is 9.14. The molecule has 0 aromatic carbocycles. The van der Waals surface area contributed by atoms with Gasteiger partial charge in [-0.3, -0.25) is 0 Å². The molecule has 0 saturated carbocycles. The summed E-state index contributed by atoms with van der Waals surface area (Å²) in [6.45, 7) is 1.37. The van der Waals surface area contributed by atoms with Crippen molar-refractivity contribution in [3.8, 4) is 0 Å². The van der Waals surface area contributed by atoms with Gasteiger partial charge in [-0.15, -0.1) is 0 Å². The second kappa shape index (κ2) is 3.36.